The molecular weight excluding hydrogens is 250 g/mol. The van der Waals surface area contributed by atoms with Crippen molar-refractivity contribution in [3.8, 4) is 0 Å². The number of hydrogen-bond acceptors (Lipinski definition) is 3. The highest BCUT2D eigenvalue weighted by Gasteiger charge is 2.15. The number of hydrogen-bond donors (Lipinski definition) is 1. The molecule has 4 nitrogen and oxygen atoms in total. The maximum absolute atomic E-state index is 10.9. The van der Waals surface area contributed by atoms with E-state index >= 15 is 0 Å². The molecule has 0 atom stereocenters. The summed E-state index contributed by atoms with van der Waals surface area (Å²) in [5, 5.41) is 11.5. The Hall–Kier alpha value is -0.190. The molecule has 0 aromatic heterocycles. The number of alkyl halides is 2. The predicted octanol–water partition coefficient (Wildman–Crippen LogP) is 1.56. The Morgan fingerprint density at radius 2 is 1.79 bits per heavy atom. The van der Waals surface area contributed by atoms with Crippen molar-refractivity contribution >= 4 is 47.2 Å². The normalized spacial score (nSPS) is 10.6. The van der Waals surface area contributed by atoms with Crippen LogP contribution in [-0.2, 0) is 4.79 Å². The molecule has 0 aliphatic carbocycles. The molecule has 0 bridgehead atoms. The SMILES string of the molecule is CC(=O)C(=NO)N(CCCl)CCCl.Cl. The Bertz CT molecular complexity index is 193. The van der Waals surface area contributed by atoms with Gasteiger partial charge in [-0.25, -0.2) is 0 Å². The molecule has 0 heterocycles. The maximum atomic E-state index is 10.9. The van der Waals surface area contributed by atoms with E-state index in [0.29, 0.717) is 24.8 Å². The monoisotopic (exact) mass is 262 g/mol. The first kappa shape index (κ1) is 16.2. The van der Waals surface area contributed by atoms with Crippen LogP contribution in [0.25, 0.3) is 0 Å². The van der Waals surface area contributed by atoms with Crippen LogP contribution in [0.4, 0.5) is 0 Å². The second kappa shape index (κ2) is 9.37. The van der Waals surface area contributed by atoms with Crippen LogP contribution in [0, 0.1) is 0 Å². The lowest BCUT2D eigenvalue weighted by Gasteiger charge is -2.21. The standard InChI is InChI=1S/C7H12Cl2N2O2.ClH/c1-6(12)7(10-13)11(4-2-8)5-3-9;/h13H,2-5H2,1H3;1H. The minimum Gasteiger partial charge on any atom is -0.409 e. The third kappa shape index (κ3) is 5.52. The molecule has 0 radical (unpaired) electrons. The third-order valence-electron chi connectivity index (χ3n) is 1.42. The van der Waals surface area contributed by atoms with Crippen molar-refractivity contribution in [1.82, 2.24) is 4.90 Å². The molecule has 0 aromatic carbocycles. The number of nitrogens with zero attached hydrogens (tertiary/aromatic N) is 2. The molecule has 0 aliphatic heterocycles. The number of ketones is 1. The van der Waals surface area contributed by atoms with E-state index in [2.05, 4.69) is 5.16 Å². The van der Waals surface area contributed by atoms with Gasteiger partial charge in [0.25, 0.3) is 0 Å². The van der Waals surface area contributed by atoms with Gasteiger partial charge in [-0.15, -0.1) is 35.6 Å². The van der Waals surface area contributed by atoms with Crippen LogP contribution in [0.5, 0.6) is 0 Å². The van der Waals surface area contributed by atoms with Gasteiger partial charge in [-0.1, -0.05) is 5.16 Å². The number of halogens is 3. The fourth-order valence-corrected chi connectivity index (χ4v) is 1.29. The Morgan fingerprint density at radius 1 is 1.36 bits per heavy atom. The fraction of sp³-hybridized carbons (Fsp3) is 0.714. The summed E-state index contributed by atoms with van der Waals surface area (Å²) < 4.78 is 0. The molecular formula is C7H13Cl3N2O2. The molecule has 0 saturated heterocycles. The van der Waals surface area contributed by atoms with Crippen LogP contribution < -0.4 is 0 Å². The summed E-state index contributed by atoms with van der Waals surface area (Å²) in [5.74, 6) is 0.394. The van der Waals surface area contributed by atoms with Gasteiger partial charge in [0.1, 0.15) is 0 Å². The van der Waals surface area contributed by atoms with Gasteiger partial charge in [-0.05, 0) is 0 Å². The van der Waals surface area contributed by atoms with Crippen molar-refractivity contribution in [2.75, 3.05) is 24.8 Å². The van der Waals surface area contributed by atoms with Crippen LogP contribution in [0.15, 0.2) is 5.16 Å². The minimum absolute atomic E-state index is 0. The molecule has 0 aromatic rings. The van der Waals surface area contributed by atoms with Gasteiger partial charge < -0.3 is 10.1 Å². The number of carbonyl (C=O) groups excluding carboxylic acids is 1. The lowest BCUT2D eigenvalue weighted by atomic mass is 10.3. The van der Waals surface area contributed by atoms with Crippen molar-refractivity contribution < 1.29 is 10.0 Å². The van der Waals surface area contributed by atoms with E-state index in [-0.39, 0.29) is 24.0 Å². The van der Waals surface area contributed by atoms with Gasteiger partial charge in [0.2, 0.25) is 5.84 Å². The highest BCUT2D eigenvalue weighted by atomic mass is 35.5. The Balaban J connectivity index is 0. The molecule has 0 unspecified atom stereocenters. The number of rotatable bonds is 5. The molecule has 0 saturated carbocycles. The van der Waals surface area contributed by atoms with Gasteiger partial charge in [0.05, 0.1) is 0 Å². The predicted molar refractivity (Wildman–Crippen MR) is 60.2 cm³/mol. The zero-order valence-electron chi connectivity index (χ0n) is 7.74. The van der Waals surface area contributed by atoms with Gasteiger partial charge in [-0.3, -0.25) is 4.79 Å². The van der Waals surface area contributed by atoms with Crippen LogP contribution in [0.1, 0.15) is 6.92 Å². The highest BCUT2D eigenvalue weighted by molar-refractivity contribution is 6.37. The summed E-state index contributed by atoms with van der Waals surface area (Å²) >= 11 is 11.0. The zero-order chi connectivity index (χ0) is 10.3. The lowest BCUT2D eigenvalue weighted by molar-refractivity contribution is -0.111. The van der Waals surface area contributed by atoms with Gasteiger partial charge in [-0.2, -0.15) is 0 Å². The second-order valence-corrected chi connectivity index (χ2v) is 3.10. The Morgan fingerprint density at radius 3 is 2.00 bits per heavy atom. The first-order valence-corrected chi connectivity index (χ1v) is 4.84. The van der Waals surface area contributed by atoms with Gasteiger partial charge in [0.15, 0.2) is 5.78 Å². The lowest BCUT2D eigenvalue weighted by Crippen LogP contribution is -2.38. The number of amidine groups is 1. The highest BCUT2D eigenvalue weighted by Crippen LogP contribution is 1.96. The fourth-order valence-electron chi connectivity index (χ4n) is 0.884. The van der Waals surface area contributed by atoms with E-state index in [1.54, 1.807) is 4.90 Å². The molecule has 0 amide bonds. The smallest absolute Gasteiger partial charge is 0.211 e. The first-order chi connectivity index (χ1) is 6.17. The van der Waals surface area contributed by atoms with Crippen LogP contribution in [-0.4, -0.2) is 46.6 Å². The maximum Gasteiger partial charge on any atom is 0.211 e. The van der Waals surface area contributed by atoms with E-state index in [9.17, 15) is 4.79 Å². The summed E-state index contributed by atoms with van der Waals surface area (Å²) in [6, 6.07) is 0. The Kier molecular flexibility index (Phi) is 10.9. The quantitative estimate of drug-likeness (QED) is 0.269. The van der Waals surface area contributed by atoms with Gasteiger partial charge >= 0.3 is 0 Å². The molecule has 7 heteroatoms. The topological polar surface area (TPSA) is 52.9 Å². The molecule has 84 valence electrons. The van der Waals surface area contributed by atoms with Crippen LogP contribution in [0.2, 0.25) is 0 Å². The van der Waals surface area contributed by atoms with E-state index < -0.39 is 0 Å². The summed E-state index contributed by atoms with van der Waals surface area (Å²) in [7, 11) is 0. The molecule has 0 aliphatic rings. The summed E-state index contributed by atoms with van der Waals surface area (Å²) in [6.45, 7) is 2.20. The van der Waals surface area contributed by atoms with E-state index in [1.807, 2.05) is 0 Å². The third-order valence-corrected chi connectivity index (χ3v) is 1.76. The van der Waals surface area contributed by atoms with E-state index in [4.69, 9.17) is 28.4 Å². The largest absolute Gasteiger partial charge is 0.409 e. The van der Waals surface area contributed by atoms with Crippen molar-refractivity contribution in [3.05, 3.63) is 0 Å². The van der Waals surface area contributed by atoms with Gasteiger partial charge in [0, 0.05) is 31.8 Å². The van der Waals surface area contributed by atoms with Crippen molar-refractivity contribution in [1.29, 1.82) is 0 Å². The average Bonchev–Trinajstić information content (AvgIpc) is 2.05. The van der Waals surface area contributed by atoms with Crippen molar-refractivity contribution in [2.24, 2.45) is 5.16 Å². The molecule has 1 N–H and O–H groups in total. The Labute approximate surface area is 99.3 Å². The van der Waals surface area contributed by atoms with E-state index in [1.165, 1.54) is 6.92 Å². The summed E-state index contributed by atoms with van der Waals surface area (Å²) in [6.07, 6.45) is 0. The molecule has 0 rings (SSSR count). The minimum atomic E-state index is -0.308. The van der Waals surface area contributed by atoms with Crippen LogP contribution in [0.3, 0.4) is 0 Å². The zero-order valence-corrected chi connectivity index (χ0v) is 10.1. The van der Waals surface area contributed by atoms with Crippen molar-refractivity contribution in [3.63, 3.8) is 0 Å². The molecule has 14 heavy (non-hydrogen) atoms. The number of Topliss-reactive ketones (excluding diaryl/α,β-unsaturated/α-hetero) is 1. The summed E-state index contributed by atoms with van der Waals surface area (Å²) in [5.41, 5.74) is 0. The van der Waals surface area contributed by atoms with Crippen molar-refractivity contribution in [2.45, 2.75) is 6.92 Å². The number of carbonyl (C=O) groups is 1. The van der Waals surface area contributed by atoms with E-state index in [0.717, 1.165) is 0 Å². The average molecular weight is 264 g/mol. The summed E-state index contributed by atoms with van der Waals surface area (Å²) in [4.78, 5) is 12.5. The molecule has 0 fully saturated rings. The number of oxime groups is 1. The molecule has 0 spiro atoms. The second-order valence-electron chi connectivity index (χ2n) is 2.34. The van der Waals surface area contributed by atoms with Crippen LogP contribution >= 0.6 is 35.6 Å². The first-order valence-electron chi connectivity index (χ1n) is 3.77.